The third-order valence-electron chi connectivity index (χ3n) is 4.62. The van der Waals surface area contributed by atoms with E-state index in [2.05, 4.69) is 10.3 Å². The minimum Gasteiger partial charge on any atom is -0.481 e. The van der Waals surface area contributed by atoms with Crippen LogP contribution in [0.15, 0.2) is 41.2 Å². The zero-order valence-corrected chi connectivity index (χ0v) is 16.0. The number of fused-ring (bicyclic) bond motifs is 1. The van der Waals surface area contributed by atoms with Crippen molar-refractivity contribution in [3.8, 4) is 5.88 Å². The van der Waals surface area contributed by atoms with Crippen LogP contribution in [0.3, 0.4) is 0 Å². The first-order valence-corrected chi connectivity index (χ1v) is 8.77. The first kappa shape index (κ1) is 18.6. The summed E-state index contributed by atoms with van der Waals surface area (Å²) in [5.74, 6) is 0.381. The molecule has 2 heterocycles. The summed E-state index contributed by atoms with van der Waals surface area (Å²) in [6, 6.07) is 10.8. The van der Waals surface area contributed by atoms with Crippen molar-refractivity contribution in [1.82, 2.24) is 14.9 Å². The van der Waals surface area contributed by atoms with Gasteiger partial charge in [0.15, 0.2) is 5.43 Å². The minimum absolute atomic E-state index is 0.0363. The van der Waals surface area contributed by atoms with Crippen LogP contribution in [-0.4, -0.2) is 22.6 Å². The van der Waals surface area contributed by atoms with Crippen molar-refractivity contribution < 1.29 is 9.53 Å². The fourth-order valence-corrected chi connectivity index (χ4v) is 3.26. The lowest BCUT2D eigenvalue weighted by atomic mass is 10.1. The van der Waals surface area contributed by atoms with Gasteiger partial charge >= 0.3 is 0 Å². The molecule has 3 rings (SSSR count). The molecule has 0 unspecified atom stereocenters. The molecule has 0 fully saturated rings. The SMILES string of the molecule is COc1nc(C)cc(C)c1CNC(=O)Cn1c(C)cc(=O)c2ccccc21. The average Bonchev–Trinajstić information content (AvgIpc) is 2.63. The zero-order valence-electron chi connectivity index (χ0n) is 16.0. The van der Waals surface area contributed by atoms with Gasteiger partial charge in [0, 0.05) is 34.9 Å². The number of nitrogens with zero attached hydrogens (tertiary/aromatic N) is 2. The van der Waals surface area contributed by atoms with Crippen LogP contribution in [-0.2, 0) is 17.9 Å². The molecule has 0 saturated carbocycles. The predicted octanol–water partition coefficient (Wildman–Crippen LogP) is 2.65. The van der Waals surface area contributed by atoms with Crippen LogP contribution >= 0.6 is 0 Å². The maximum Gasteiger partial charge on any atom is 0.240 e. The maximum absolute atomic E-state index is 12.6. The second kappa shape index (κ2) is 7.61. The van der Waals surface area contributed by atoms with Gasteiger partial charge in [0.2, 0.25) is 11.8 Å². The fraction of sp³-hybridized carbons (Fsp3) is 0.286. The third kappa shape index (κ3) is 3.84. The zero-order chi connectivity index (χ0) is 19.6. The third-order valence-corrected chi connectivity index (χ3v) is 4.62. The molecule has 6 heteroatoms. The summed E-state index contributed by atoms with van der Waals surface area (Å²) < 4.78 is 7.20. The predicted molar refractivity (Wildman–Crippen MR) is 105 cm³/mol. The molecule has 0 atom stereocenters. The topological polar surface area (TPSA) is 73.2 Å². The number of rotatable bonds is 5. The molecule has 0 aliphatic heterocycles. The standard InChI is InChI=1S/C21H23N3O3/c1-13-9-14(2)23-21(27-4)17(13)11-22-20(26)12-24-15(3)10-19(25)16-7-5-6-8-18(16)24/h5-10H,11-12H2,1-4H3,(H,22,26). The molecule has 0 aliphatic carbocycles. The number of benzene rings is 1. The Kier molecular flexibility index (Phi) is 5.26. The van der Waals surface area contributed by atoms with Crippen LogP contribution in [0.1, 0.15) is 22.5 Å². The van der Waals surface area contributed by atoms with E-state index in [-0.39, 0.29) is 17.9 Å². The summed E-state index contributed by atoms with van der Waals surface area (Å²) >= 11 is 0. The van der Waals surface area contributed by atoms with Crippen molar-refractivity contribution in [2.75, 3.05) is 7.11 Å². The lowest BCUT2D eigenvalue weighted by Crippen LogP contribution is -2.29. The number of hydrogen-bond acceptors (Lipinski definition) is 4. The number of ether oxygens (including phenoxy) is 1. The van der Waals surface area contributed by atoms with Crippen LogP contribution in [0.4, 0.5) is 0 Å². The monoisotopic (exact) mass is 365 g/mol. The Morgan fingerprint density at radius 1 is 1.19 bits per heavy atom. The average molecular weight is 365 g/mol. The Balaban J connectivity index is 1.82. The van der Waals surface area contributed by atoms with Gasteiger partial charge in [-0.1, -0.05) is 12.1 Å². The van der Waals surface area contributed by atoms with Gasteiger partial charge in [0.05, 0.1) is 12.6 Å². The van der Waals surface area contributed by atoms with Crippen LogP contribution in [0, 0.1) is 20.8 Å². The van der Waals surface area contributed by atoms with E-state index in [0.717, 1.165) is 28.0 Å². The molecule has 140 valence electrons. The Labute approximate surface area is 157 Å². The Hall–Kier alpha value is -3.15. The van der Waals surface area contributed by atoms with Crippen molar-refractivity contribution >= 4 is 16.8 Å². The highest BCUT2D eigenvalue weighted by Crippen LogP contribution is 2.20. The van der Waals surface area contributed by atoms with Crippen LogP contribution in [0.5, 0.6) is 5.88 Å². The number of carbonyl (C=O) groups excluding carboxylic acids is 1. The van der Waals surface area contributed by atoms with Gasteiger partial charge in [-0.2, -0.15) is 0 Å². The highest BCUT2D eigenvalue weighted by atomic mass is 16.5. The smallest absolute Gasteiger partial charge is 0.240 e. The Morgan fingerprint density at radius 2 is 1.93 bits per heavy atom. The van der Waals surface area contributed by atoms with E-state index >= 15 is 0 Å². The van der Waals surface area contributed by atoms with Crippen LogP contribution in [0.25, 0.3) is 10.9 Å². The molecular formula is C21H23N3O3. The fourth-order valence-electron chi connectivity index (χ4n) is 3.26. The molecule has 1 N–H and O–H groups in total. The van der Waals surface area contributed by atoms with Gasteiger partial charge in [0.1, 0.15) is 6.54 Å². The summed E-state index contributed by atoms with van der Waals surface area (Å²) in [7, 11) is 1.57. The number of nitrogens with one attached hydrogen (secondary N) is 1. The van der Waals surface area contributed by atoms with E-state index < -0.39 is 0 Å². The number of carbonyl (C=O) groups is 1. The van der Waals surface area contributed by atoms with Gasteiger partial charge in [-0.3, -0.25) is 9.59 Å². The normalized spacial score (nSPS) is 10.8. The van der Waals surface area contributed by atoms with E-state index in [1.807, 2.05) is 49.6 Å². The lowest BCUT2D eigenvalue weighted by molar-refractivity contribution is -0.121. The molecule has 0 saturated heterocycles. The molecule has 1 amide bonds. The molecule has 2 aromatic heterocycles. The number of para-hydroxylation sites is 1. The molecule has 0 spiro atoms. The number of amides is 1. The largest absolute Gasteiger partial charge is 0.481 e. The molecule has 0 aliphatic rings. The summed E-state index contributed by atoms with van der Waals surface area (Å²) in [6.45, 7) is 6.17. The molecule has 1 aromatic carbocycles. The summed E-state index contributed by atoms with van der Waals surface area (Å²) in [5.41, 5.74) is 4.21. The summed E-state index contributed by atoms with van der Waals surface area (Å²) in [5, 5.41) is 3.54. The van der Waals surface area contributed by atoms with E-state index in [9.17, 15) is 9.59 Å². The quantitative estimate of drug-likeness (QED) is 0.754. The van der Waals surface area contributed by atoms with Gasteiger partial charge in [-0.25, -0.2) is 4.98 Å². The maximum atomic E-state index is 12.6. The minimum atomic E-state index is -0.145. The second-order valence-electron chi connectivity index (χ2n) is 6.60. The van der Waals surface area contributed by atoms with E-state index in [1.165, 1.54) is 0 Å². The number of methoxy groups -OCH3 is 1. The summed E-state index contributed by atoms with van der Waals surface area (Å²) in [6.07, 6.45) is 0. The van der Waals surface area contributed by atoms with Crippen molar-refractivity contribution in [1.29, 1.82) is 0 Å². The van der Waals surface area contributed by atoms with E-state index in [0.29, 0.717) is 17.8 Å². The van der Waals surface area contributed by atoms with Crippen molar-refractivity contribution in [3.05, 3.63) is 69.1 Å². The van der Waals surface area contributed by atoms with Crippen molar-refractivity contribution in [3.63, 3.8) is 0 Å². The van der Waals surface area contributed by atoms with Crippen LogP contribution < -0.4 is 15.5 Å². The highest BCUT2D eigenvalue weighted by molar-refractivity contribution is 5.82. The summed E-state index contributed by atoms with van der Waals surface area (Å²) in [4.78, 5) is 29.1. The number of aryl methyl sites for hydroxylation is 3. The Morgan fingerprint density at radius 3 is 2.67 bits per heavy atom. The molecule has 6 nitrogen and oxygen atoms in total. The van der Waals surface area contributed by atoms with Gasteiger partial charge < -0.3 is 14.6 Å². The van der Waals surface area contributed by atoms with Crippen molar-refractivity contribution in [2.45, 2.75) is 33.9 Å². The van der Waals surface area contributed by atoms with Crippen LogP contribution in [0.2, 0.25) is 0 Å². The molecular weight excluding hydrogens is 342 g/mol. The first-order valence-electron chi connectivity index (χ1n) is 8.77. The number of aromatic nitrogens is 2. The van der Waals surface area contributed by atoms with Gasteiger partial charge in [0.25, 0.3) is 0 Å². The molecule has 0 bridgehead atoms. The van der Waals surface area contributed by atoms with E-state index in [1.54, 1.807) is 19.2 Å². The Bertz CT molecular complexity index is 1070. The van der Waals surface area contributed by atoms with Gasteiger partial charge in [-0.15, -0.1) is 0 Å². The second-order valence-corrected chi connectivity index (χ2v) is 6.60. The van der Waals surface area contributed by atoms with Gasteiger partial charge in [-0.05, 0) is 44.5 Å². The molecule has 0 radical (unpaired) electrons. The lowest BCUT2D eigenvalue weighted by Gasteiger charge is -2.16. The number of pyridine rings is 2. The molecule has 3 aromatic rings. The first-order chi connectivity index (χ1) is 12.9. The van der Waals surface area contributed by atoms with Crippen molar-refractivity contribution in [2.24, 2.45) is 0 Å². The highest BCUT2D eigenvalue weighted by Gasteiger charge is 2.13. The number of hydrogen-bond donors (Lipinski definition) is 1. The molecule has 27 heavy (non-hydrogen) atoms. The van der Waals surface area contributed by atoms with E-state index in [4.69, 9.17) is 4.74 Å².